The van der Waals surface area contributed by atoms with Crippen LogP contribution in [0.1, 0.15) is 46.5 Å². The van der Waals surface area contributed by atoms with Gasteiger partial charge in [0.2, 0.25) is 0 Å². The standard InChI is InChI=1S/C24H25N3O2S/c1-4-26(5-2)24(29)23-19-15-22(17-10-8-9-13-25-17)30-21-12-7-6-11-18(21)27(19)16(3)14-20(23)28/h6-14,22H,4-5,15H2,1-3H3. The van der Waals surface area contributed by atoms with Crippen LogP contribution in [0.3, 0.4) is 0 Å². The topological polar surface area (TPSA) is 55.2 Å². The molecular weight excluding hydrogens is 394 g/mol. The van der Waals surface area contributed by atoms with Crippen LogP contribution in [0.15, 0.2) is 64.4 Å². The summed E-state index contributed by atoms with van der Waals surface area (Å²) in [5.74, 6) is -0.196. The normalized spacial score (nSPS) is 15.1. The average Bonchev–Trinajstić information content (AvgIpc) is 2.92. The number of thioether (sulfide) groups is 1. The largest absolute Gasteiger partial charge is 0.339 e. The second-order valence-corrected chi connectivity index (χ2v) is 8.56. The molecule has 5 nitrogen and oxygen atoms in total. The number of aromatic nitrogens is 2. The Bertz CT molecular complexity index is 1140. The molecule has 0 aliphatic carbocycles. The van der Waals surface area contributed by atoms with Gasteiger partial charge in [0, 0.05) is 48.1 Å². The second kappa shape index (κ2) is 8.48. The fourth-order valence-corrected chi connectivity index (χ4v) is 5.31. The van der Waals surface area contributed by atoms with E-state index in [-0.39, 0.29) is 22.1 Å². The van der Waals surface area contributed by atoms with Crippen LogP contribution in [0, 0.1) is 6.92 Å². The van der Waals surface area contributed by atoms with Gasteiger partial charge in [0.1, 0.15) is 5.56 Å². The number of para-hydroxylation sites is 1. The van der Waals surface area contributed by atoms with Crippen LogP contribution < -0.4 is 5.43 Å². The van der Waals surface area contributed by atoms with Crippen LogP contribution in [-0.2, 0) is 6.42 Å². The van der Waals surface area contributed by atoms with Crippen molar-refractivity contribution in [2.75, 3.05) is 13.1 Å². The highest BCUT2D eigenvalue weighted by Gasteiger charge is 2.30. The number of hydrogen-bond donors (Lipinski definition) is 0. The summed E-state index contributed by atoms with van der Waals surface area (Å²) in [6.45, 7) is 6.94. The maximum atomic E-state index is 13.4. The third kappa shape index (κ3) is 3.56. The molecular formula is C24H25N3O2S. The summed E-state index contributed by atoms with van der Waals surface area (Å²) in [7, 11) is 0. The molecule has 154 valence electrons. The molecule has 0 bridgehead atoms. The van der Waals surface area contributed by atoms with E-state index in [9.17, 15) is 9.59 Å². The lowest BCUT2D eigenvalue weighted by atomic mass is 10.0. The maximum Gasteiger partial charge on any atom is 0.259 e. The van der Waals surface area contributed by atoms with Crippen molar-refractivity contribution in [3.05, 3.63) is 87.6 Å². The third-order valence-corrected chi connectivity index (χ3v) is 6.83. The van der Waals surface area contributed by atoms with E-state index >= 15 is 0 Å². The smallest absolute Gasteiger partial charge is 0.259 e. The van der Waals surface area contributed by atoms with E-state index in [1.807, 2.05) is 51.1 Å². The molecule has 1 amide bonds. The molecule has 6 heteroatoms. The first kappa shape index (κ1) is 20.4. The number of carbonyl (C=O) groups is 1. The Kier molecular flexibility index (Phi) is 5.77. The van der Waals surface area contributed by atoms with Gasteiger partial charge in [-0.1, -0.05) is 18.2 Å². The molecule has 1 unspecified atom stereocenters. The summed E-state index contributed by atoms with van der Waals surface area (Å²) in [4.78, 5) is 33.8. The van der Waals surface area contributed by atoms with Gasteiger partial charge in [-0.3, -0.25) is 14.6 Å². The van der Waals surface area contributed by atoms with Crippen molar-refractivity contribution in [1.82, 2.24) is 14.5 Å². The quantitative estimate of drug-likeness (QED) is 0.628. The number of hydrogen-bond acceptors (Lipinski definition) is 4. The summed E-state index contributed by atoms with van der Waals surface area (Å²) in [5, 5.41) is 0.00514. The highest BCUT2D eigenvalue weighted by atomic mass is 32.2. The first-order valence-electron chi connectivity index (χ1n) is 10.3. The van der Waals surface area contributed by atoms with Gasteiger partial charge < -0.3 is 9.47 Å². The van der Waals surface area contributed by atoms with Crippen LogP contribution in [0.2, 0.25) is 0 Å². The Balaban J connectivity index is 2.00. The van der Waals surface area contributed by atoms with Crippen LogP contribution >= 0.6 is 11.8 Å². The Morgan fingerprint density at radius 1 is 1.17 bits per heavy atom. The number of amides is 1. The van der Waals surface area contributed by atoms with E-state index < -0.39 is 0 Å². The monoisotopic (exact) mass is 419 g/mol. The van der Waals surface area contributed by atoms with E-state index in [0.717, 1.165) is 27.7 Å². The highest BCUT2D eigenvalue weighted by molar-refractivity contribution is 7.99. The SMILES string of the molecule is CCN(CC)C(=O)c1c2n(c(C)cc1=O)-c1ccccc1SC(c1ccccn1)C2. The van der Waals surface area contributed by atoms with Crippen LogP contribution in [0.25, 0.3) is 5.69 Å². The predicted molar refractivity (Wildman–Crippen MR) is 121 cm³/mol. The van der Waals surface area contributed by atoms with E-state index in [0.29, 0.717) is 19.5 Å². The number of aryl methyl sites for hydroxylation is 1. The number of benzene rings is 1. The minimum absolute atomic E-state index is 0.00514. The van der Waals surface area contributed by atoms with Crippen LogP contribution in [0.5, 0.6) is 0 Å². The van der Waals surface area contributed by atoms with Crippen molar-refractivity contribution in [1.29, 1.82) is 0 Å². The summed E-state index contributed by atoms with van der Waals surface area (Å²) in [5.41, 5.74) is 3.62. The Labute approximate surface area is 180 Å². The van der Waals surface area contributed by atoms with E-state index in [4.69, 9.17) is 0 Å². The highest BCUT2D eigenvalue weighted by Crippen LogP contribution is 2.43. The molecule has 0 saturated carbocycles. The number of nitrogens with zero attached hydrogens (tertiary/aromatic N) is 3. The molecule has 1 aliphatic rings. The molecule has 2 aromatic heterocycles. The summed E-state index contributed by atoms with van der Waals surface area (Å²) in [6.07, 6.45) is 2.34. The van der Waals surface area contributed by atoms with Gasteiger partial charge in [-0.2, -0.15) is 0 Å². The zero-order valence-electron chi connectivity index (χ0n) is 17.5. The number of pyridine rings is 2. The molecule has 0 radical (unpaired) electrons. The number of carbonyl (C=O) groups excluding carboxylic acids is 1. The minimum Gasteiger partial charge on any atom is -0.339 e. The molecule has 0 spiro atoms. The molecule has 3 heterocycles. The van der Waals surface area contributed by atoms with Gasteiger partial charge >= 0.3 is 0 Å². The van der Waals surface area contributed by atoms with Gasteiger partial charge in [0.05, 0.1) is 16.6 Å². The first-order valence-corrected chi connectivity index (χ1v) is 11.1. The Hall–Kier alpha value is -2.86. The van der Waals surface area contributed by atoms with Gasteiger partial charge in [-0.25, -0.2) is 0 Å². The molecule has 4 rings (SSSR count). The summed E-state index contributed by atoms with van der Waals surface area (Å²) in [6, 6.07) is 15.6. The number of rotatable bonds is 4. The molecule has 0 N–H and O–H groups in total. The molecule has 0 saturated heterocycles. The zero-order chi connectivity index (χ0) is 21.3. The summed E-state index contributed by atoms with van der Waals surface area (Å²) >= 11 is 1.73. The van der Waals surface area contributed by atoms with Crippen molar-refractivity contribution < 1.29 is 4.79 Å². The third-order valence-electron chi connectivity index (χ3n) is 5.53. The summed E-state index contributed by atoms with van der Waals surface area (Å²) < 4.78 is 2.09. The Morgan fingerprint density at radius 3 is 2.60 bits per heavy atom. The number of fused-ring (bicyclic) bond motifs is 3. The van der Waals surface area contributed by atoms with Crippen molar-refractivity contribution in [2.24, 2.45) is 0 Å². The molecule has 1 atom stereocenters. The van der Waals surface area contributed by atoms with Crippen molar-refractivity contribution in [3.63, 3.8) is 0 Å². The van der Waals surface area contributed by atoms with Crippen molar-refractivity contribution >= 4 is 17.7 Å². The lowest BCUT2D eigenvalue weighted by Gasteiger charge is -2.23. The van der Waals surface area contributed by atoms with Crippen molar-refractivity contribution in [2.45, 2.75) is 37.3 Å². The van der Waals surface area contributed by atoms with Gasteiger partial charge in [0.15, 0.2) is 5.43 Å². The predicted octanol–water partition coefficient (Wildman–Crippen LogP) is 4.41. The molecule has 0 fully saturated rings. The van der Waals surface area contributed by atoms with Gasteiger partial charge in [-0.15, -0.1) is 11.8 Å². The second-order valence-electron chi connectivity index (χ2n) is 7.32. The Morgan fingerprint density at radius 2 is 1.90 bits per heavy atom. The van der Waals surface area contributed by atoms with Crippen molar-refractivity contribution in [3.8, 4) is 5.69 Å². The van der Waals surface area contributed by atoms with E-state index in [1.165, 1.54) is 0 Å². The van der Waals surface area contributed by atoms with E-state index in [2.05, 4.69) is 21.7 Å². The first-order chi connectivity index (χ1) is 14.5. The van der Waals surface area contributed by atoms with Gasteiger partial charge in [0.25, 0.3) is 5.91 Å². The van der Waals surface area contributed by atoms with E-state index in [1.54, 1.807) is 28.9 Å². The molecule has 1 aromatic carbocycles. The molecule has 3 aromatic rings. The average molecular weight is 420 g/mol. The zero-order valence-corrected chi connectivity index (χ0v) is 18.3. The lowest BCUT2D eigenvalue weighted by molar-refractivity contribution is 0.0769. The van der Waals surface area contributed by atoms with Gasteiger partial charge in [-0.05, 0) is 45.0 Å². The fourth-order valence-electron chi connectivity index (χ4n) is 4.06. The van der Waals surface area contributed by atoms with Crippen LogP contribution in [-0.4, -0.2) is 33.4 Å². The van der Waals surface area contributed by atoms with Crippen LogP contribution in [0.4, 0.5) is 0 Å². The fraction of sp³-hybridized carbons (Fsp3) is 0.292. The lowest BCUT2D eigenvalue weighted by Crippen LogP contribution is -2.36. The minimum atomic E-state index is -0.209. The molecule has 1 aliphatic heterocycles. The maximum absolute atomic E-state index is 13.4. The molecule has 30 heavy (non-hydrogen) atoms.